The van der Waals surface area contributed by atoms with Crippen LogP contribution in [0.25, 0.3) is 0 Å². The van der Waals surface area contributed by atoms with E-state index in [2.05, 4.69) is 0 Å². The SMILES string of the molecule is CC1(C)O[C@@H]2[C@H](O1)[C@H]1COC(=O)C[C@@H]2N1C(=O)OCc1ccccc1. The molecule has 3 saturated heterocycles. The van der Waals surface area contributed by atoms with E-state index in [0.717, 1.165) is 5.56 Å². The Morgan fingerprint density at radius 1 is 1.20 bits per heavy atom. The van der Waals surface area contributed by atoms with Gasteiger partial charge in [0.05, 0.1) is 18.5 Å². The average molecular weight is 347 g/mol. The molecule has 3 fully saturated rings. The lowest BCUT2D eigenvalue weighted by Gasteiger charge is -2.30. The minimum atomic E-state index is -0.737. The predicted octanol–water partition coefficient (Wildman–Crippen LogP) is 1.84. The Bertz CT molecular complexity index is 675. The van der Waals surface area contributed by atoms with Gasteiger partial charge >= 0.3 is 12.1 Å². The summed E-state index contributed by atoms with van der Waals surface area (Å²) in [5.74, 6) is -1.07. The average Bonchev–Trinajstić information content (AvgIpc) is 2.94. The standard InChI is InChI=1S/C18H21NO6/c1-18(2)24-15-12-8-14(20)22-10-13(16(15)25-18)19(12)17(21)23-9-11-6-4-3-5-7-11/h3-7,12-13,15-16H,8-10H2,1-2H3/t12-,13+,15-,16+/m0/s1. The third-order valence-electron chi connectivity index (χ3n) is 4.84. The van der Waals surface area contributed by atoms with E-state index >= 15 is 0 Å². The fourth-order valence-corrected chi connectivity index (χ4v) is 3.84. The summed E-state index contributed by atoms with van der Waals surface area (Å²) in [7, 11) is 0. The van der Waals surface area contributed by atoms with Gasteiger partial charge in [0.15, 0.2) is 5.79 Å². The molecule has 0 aromatic heterocycles. The van der Waals surface area contributed by atoms with Gasteiger partial charge in [0.2, 0.25) is 0 Å². The number of carbonyl (C=O) groups excluding carboxylic acids is 2. The largest absolute Gasteiger partial charge is 0.463 e. The van der Waals surface area contributed by atoms with Gasteiger partial charge in [-0.05, 0) is 19.4 Å². The normalized spacial score (nSPS) is 32.7. The highest BCUT2D eigenvalue weighted by atomic mass is 16.8. The molecule has 134 valence electrons. The minimum Gasteiger partial charge on any atom is -0.463 e. The molecular weight excluding hydrogens is 326 g/mol. The summed E-state index contributed by atoms with van der Waals surface area (Å²) >= 11 is 0. The molecule has 1 amide bonds. The molecular formula is C18H21NO6. The molecule has 3 aliphatic heterocycles. The van der Waals surface area contributed by atoms with Gasteiger partial charge in [0.1, 0.15) is 25.4 Å². The number of ether oxygens (including phenoxy) is 4. The first-order valence-electron chi connectivity index (χ1n) is 8.45. The highest BCUT2D eigenvalue weighted by Crippen LogP contribution is 2.43. The molecule has 7 nitrogen and oxygen atoms in total. The number of amides is 1. The number of hydrogen-bond donors (Lipinski definition) is 0. The Morgan fingerprint density at radius 3 is 2.60 bits per heavy atom. The van der Waals surface area contributed by atoms with Crippen molar-refractivity contribution in [3.63, 3.8) is 0 Å². The van der Waals surface area contributed by atoms with Crippen LogP contribution in [-0.4, -0.2) is 53.6 Å². The Hall–Kier alpha value is -2.12. The van der Waals surface area contributed by atoms with Crippen molar-refractivity contribution in [2.75, 3.05) is 6.61 Å². The van der Waals surface area contributed by atoms with Crippen molar-refractivity contribution in [1.82, 2.24) is 4.90 Å². The summed E-state index contributed by atoms with van der Waals surface area (Å²) in [6.07, 6.45) is -1.07. The zero-order valence-corrected chi connectivity index (χ0v) is 14.2. The Morgan fingerprint density at radius 2 is 1.88 bits per heavy atom. The van der Waals surface area contributed by atoms with E-state index in [1.807, 2.05) is 44.2 Å². The zero-order valence-electron chi connectivity index (χ0n) is 14.2. The number of carbonyl (C=O) groups is 2. The summed E-state index contributed by atoms with van der Waals surface area (Å²) in [6.45, 7) is 3.93. The van der Waals surface area contributed by atoms with Gasteiger partial charge in [-0.3, -0.25) is 9.69 Å². The van der Waals surface area contributed by atoms with Gasteiger partial charge in [-0.15, -0.1) is 0 Å². The van der Waals surface area contributed by atoms with Gasteiger partial charge in [-0.1, -0.05) is 30.3 Å². The van der Waals surface area contributed by atoms with Crippen molar-refractivity contribution < 1.29 is 28.5 Å². The van der Waals surface area contributed by atoms with Crippen LogP contribution in [0.2, 0.25) is 0 Å². The highest BCUT2D eigenvalue weighted by molar-refractivity contribution is 5.75. The summed E-state index contributed by atoms with van der Waals surface area (Å²) in [6, 6.07) is 8.63. The van der Waals surface area contributed by atoms with Crippen LogP contribution >= 0.6 is 0 Å². The van der Waals surface area contributed by atoms with Crippen molar-refractivity contribution >= 4 is 12.1 Å². The molecule has 1 aromatic rings. The maximum absolute atomic E-state index is 12.7. The number of esters is 1. The number of rotatable bonds is 2. The second-order valence-corrected chi connectivity index (χ2v) is 7.03. The first-order chi connectivity index (χ1) is 11.9. The first kappa shape index (κ1) is 16.4. The summed E-state index contributed by atoms with van der Waals surface area (Å²) in [5, 5.41) is 0. The van der Waals surface area contributed by atoms with E-state index in [-0.39, 0.29) is 37.8 Å². The third kappa shape index (κ3) is 2.98. The molecule has 3 aliphatic rings. The predicted molar refractivity (Wildman–Crippen MR) is 85.4 cm³/mol. The molecule has 0 spiro atoms. The molecule has 2 bridgehead atoms. The summed E-state index contributed by atoms with van der Waals surface area (Å²) in [4.78, 5) is 26.2. The lowest BCUT2D eigenvalue weighted by atomic mass is 10.0. The number of benzene rings is 1. The minimum absolute atomic E-state index is 0.0809. The molecule has 0 radical (unpaired) electrons. The molecule has 0 aliphatic carbocycles. The maximum atomic E-state index is 12.7. The van der Waals surface area contributed by atoms with E-state index in [9.17, 15) is 9.59 Å². The van der Waals surface area contributed by atoms with Gasteiger partial charge < -0.3 is 18.9 Å². The van der Waals surface area contributed by atoms with E-state index in [0.29, 0.717) is 0 Å². The smallest absolute Gasteiger partial charge is 0.410 e. The summed E-state index contributed by atoms with van der Waals surface area (Å²) in [5.41, 5.74) is 0.902. The second kappa shape index (κ2) is 6.00. The quantitative estimate of drug-likeness (QED) is 0.760. The van der Waals surface area contributed by atoms with Crippen LogP contribution < -0.4 is 0 Å². The molecule has 25 heavy (non-hydrogen) atoms. The van der Waals surface area contributed by atoms with Crippen LogP contribution in [0.1, 0.15) is 25.8 Å². The molecule has 7 heteroatoms. The first-order valence-corrected chi connectivity index (χ1v) is 8.45. The molecule has 3 heterocycles. The van der Waals surface area contributed by atoms with Gasteiger partial charge in [-0.2, -0.15) is 0 Å². The van der Waals surface area contributed by atoms with Crippen LogP contribution in [-0.2, 0) is 30.3 Å². The number of cyclic esters (lactones) is 1. The Balaban J connectivity index is 1.52. The second-order valence-electron chi connectivity index (χ2n) is 7.03. The molecule has 1 aromatic carbocycles. The van der Waals surface area contributed by atoms with Crippen molar-refractivity contribution in [2.45, 2.75) is 57.0 Å². The molecule has 0 unspecified atom stereocenters. The van der Waals surface area contributed by atoms with Gasteiger partial charge in [-0.25, -0.2) is 4.79 Å². The lowest BCUT2D eigenvalue weighted by Crippen LogP contribution is -2.47. The molecule has 4 rings (SSSR count). The van der Waals surface area contributed by atoms with Crippen LogP contribution in [0.5, 0.6) is 0 Å². The number of fused-ring (bicyclic) bond motifs is 5. The molecule has 0 saturated carbocycles. The number of hydrogen-bond acceptors (Lipinski definition) is 6. The zero-order chi connectivity index (χ0) is 17.6. The van der Waals surface area contributed by atoms with E-state index < -0.39 is 24.0 Å². The van der Waals surface area contributed by atoms with Crippen LogP contribution in [0.3, 0.4) is 0 Å². The van der Waals surface area contributed by atoms with Crippen LogP contribution in [0.4, 0.5) is 4.79 Å². The van der Waals surface area contributed by atoms with Crippen LogP contribution in [0.15, 0.2) is 30.3 Å². The van der Waals surface area contributed by atoms with Crippen molar-refractivity contribution in [3.8, 4) is 0 Å². The fraction of sp³-hybridized carbons (Fsp3) is 0.556. The summed E-state index contributed by atoms with van der Waals surface area (Å²) < 4.78 is 22.6. The highest BCUT2D eigenvalue weighted by Gasteiger charge is 2.61. The molecule has 4 atom stereocenters. The van der Waals surface area contributed by atoms with Crippen molar-refractivity contribution in [2.24, 2.45) is 0 Å². The fourth-order valence-electron chi connectivity index (χ4n) is 3.84. The molecule has 0 N–H and O–H groups in total. The number of nitrogens with zero attached hydrogens (tertiary/aromatic N) is 1. The van der Waals surface area contributed by atoms with Gasteiger partial charge in [0, 0.05) is 0 Å². The van der Waals surface area contributed by atoms with Crippen molar-refractivity contribution in [3.05, 3.63) is 35.9 Å². The van der Waals surface area contributed by atoms with Crippen LogP contribution in [0, 0.1) is 0 Å². The van der Waals surface area contributed by atoms with Gasteiger partial charge in [0.25, 0.3) is 0 Å². The topological polar surface area (TPSA) is 74.3 Å². The van der Waals surface area contributed by atoms with E-state index in [4.69, 9.17) is 18.9 Å². The Kier molecular flexibility index (Phi) is 3.92. The van der Waals surface area contributed by atoms with E-state index in [1.165, 1.54) is 0 Å². The maximum Gasteiger partial charge on any atom is 0.410 e. The van der Waals surface area contributed by atoms with Crippen molar-refractivity contribution in [1.29, 1.82) is 0 Å². The third-order valence-corrected chi connectivity index (χ3v) is 4.84. The Labute approximate surface area is 145 Å². The van der Waals surface area contributed by atoms with E-state index in [1.54, 1.807) is 4.90 Å². The lowest BCUT2D eigenvalue weighted by molar-refractivity contribution is -0.165. The monoisotopic (exact) mass is 347 g/mol.